The fourth-order valence-electron chi connectivity index (χ4n) is 3.45. The first-order valence-corrected chi connectivity index (χ1v) is 11.1. The first kappa shape index (κ1) is 28.8. The maximum atomic E-state index is 13.8. The summed E-state index contributed by atoms with van der Waals surface area (Å²) in [4.78, 5) is 40.2. The van der Waals surface area contributed by atoms with Gasteiger partial charge in [0.05, 0.1) is 13.7 Å². The zero-order valence-electron chi connectivity index (χ0n) is 21.0. The summed E-state index contributed by atoms with van der Waals surface area (Å²) in [5.74, 6) is -1.44. The summed E-state index contributed by atoms with van der Waals surface area (Å²) < 4.78 is 17.2. The van der Waals surface area contributed by atoms with Crippen molar-refractivity contribution in [2.24, 2.45) is 0 Å². The average molecular weight is 480 g/mol. The molecule has 3 amide bonds. The van der Waals surface area contributed by atoms with Crippen LogP contribution in [0.15, 0.2) is 36.7 Å². The normalized spacial score (nSPS) is 13.1. The van der Waals surface area contributed by atoms with Gasteiger partial charge in [0.2, 0.25) is 5.91 Å². The van der Waals surface area contributed by atoms with E-state index in [1.807, 2.05) is 32.0 Å². The molecule has 0 aliphatic rings. The molecular weight excluding hydrogens is 442 g/mol. The van der Waals surface area contributed by atoms with Gasteiger partial charge in [-0.25, -0.2) is 14.5 Å². The monoisotopic (exact) mass is 479 g/mol. The van der Waals surface area contributed by atoms with Gasteiger partial charge in [0.1, 0.15) is 23.7 Å². The van der Waals surface area contributed by atoms with Gasteiger partial charge in [0.15, 0.2) is 6.23 Å². The first-order valence-electron chi connectivity index (χ1n) is 11.1. The third-order valence-electron chi connectivity index (χ3n) is 5.22. The lowest BCUT2D eigenvalue weighted by Crippen LogP contribution is -2.61. The molecule has 2 N–H and O–H groups in total. The van der Waals surface area contributed by atoms with Gasteiger partial charge in [0, 0.05) is 38.8 Å². The fourth-order valence-corrected chi connectivity index (χ4v) is 3.45. The molecule has 0 heterocycles. The molecule has 190 valence electrons. The van der Waals surface area contributed by atoms with Gasteiger partial charge in [-0.05, 0) is 26.8 Å². The highest BCUT2D eigenvalue weighted by Crippen LogP contribution is 2.30. The minimum absolute atomic E-state index is 0.0155. The zero-order valence-corrected chi connectivity index (χ0v) is 21.0. The SMILES string of the molecule is CCO[C@@H](CN(C(=O)N(C(C)=O)C(C)(C)C(=O)O)C(CC)O/C=C\NC)c1ccccc1OC. The molecule has 34 heavy (non-hydrogen) atoms. The van der Waals surface area contributed by atoms with E-state index in [0.717, 1.165) is 11.8 Å². The number of para-hydroxylation sites is 1. The summed E-state index contributed by atoms with van der Waals surface area (Å²) in [6, 6.07) is 6.46. The predicted octanol–water partition coefficient (Wildman–Crippen LogP) is 3.35. The van der Waals surface area contributed by atoms with Gasteiger partial charge in [0.25, 0.3) is 0 Å². The molecule has 1 rings (SSSR count). The number of benzene rings is 1. The molecule has 0 radical (unpaired) electrons. The van der Waals surface area contributed by atoms with Crippen LogP contribution in [0.3, 0.4) is 0 Å². The Balaban J connectivity index is 3.56. The molecule has 1 aromatic rings. The number of carboxylic acid groups (broad SMARTS) is 1. The van der Waals surface area contributed by atoms with Gasteiger partial charge in [-0.1, -0.05) is 25.1 Å². The summed E-state index contributed by atoms with van der Waals surface area (Å²) in [6.45, 7) is 7.73. The first-order chi connectivity index (χ1) is 16.1. The van der Waals surface area contributed by atoms with E-state index in [9.17, 15) is 19.5 Å². The molecule has 0 saturated carbocycles. The van der Waals surface area contributed by atoms with Crippen molar-refractivity contribution in [3.8, 4) is 5.75 Å². The van der Waals surface area contributed by atoms with Crippen LogP contribution in [0.5, 0.6) is 5.75 Å². The number of methoxy groups -OCH3 is 1. The Morgan fingerprint density at radius 1 is 1.21 bits per heavy atom. The number of nitrogens with zero attached hydrogens (tertiary/aromatic N) is 2. The van der Waals surface area contributed by atoms with Gasteiger partial charge >= 0.3 is 12.0 Å². The second kappa shape index (κ2) is 13.4. The third kappa shape index (κ3) is 7.11. The molecule has 0 bridgehead atoms. The highest BCUT2D eigenvalue weighted by atomic mass is 16.5. The van der Waals surface area contributed by atoms with Crippen LogP contribution < -0.4 is 10.1 Å². The lowest BCUT2D eigenvalue weighted by Gasteiger charge is -2.40. The number of amides is 3. The van der Waals surface area contributed by atoms with Crippen molar-refractivity contribution in [2.45, 2.75) is 58.9 Å². The van der Waals surface area contributed by atoms with Crippen LogP contribution in [0, 0.1) is 0 Å². The summed E-state index contributed by atoms with van der Waals surface area (Å²) in [7, 11) is 3.24. The fraction of sp³-hybridized carbons (Fsp3) is 0.542. The second-order valence-electron chi connectivity index (χ2n) is 7.93. The molecule has 1 aromatic carbocycles. The van der Waals surface area contributed by atoms with E-state index in [-0.39, 0.29) is 6.54 Å². The predicted molar refractivity (Wildman–Crippen MR) is 127 cm³/mol. The minimum Gasteiger partial charge on any atom is -0.496 e. The number of carboxylic acids is 1. The van der Waals surface area contributed by atoms with Gasteiger partial charge in [-0.15, -0.1) is 0 Å². The van der Waals surface area contributed by atoms with Crippen molar-refractivity contribution >= 4 is 17.9 Å². The number of hydrogen-bond acceptors (Lipinski definition) is 7. The molecule has 10 nitrogen and oxygen atoms in total. The van der Waals surface area contributed by atoms with E-state index < -0.39 is 35.8 Å². The number of urea groups is 1. The maximum absolute atomic E-state index is 13.8. The molecule has 0 fully saturated rings. The molecule has 0 aliphatic heterocycles. The van der Waals surface area contributed by atoms with E-state index in [1.54, 1.807) is 19.3 Å². The van der Waals surface area contributed by atoms with Crippen LogP contribution in [0.2, 0.25) is 0 Å². The standard InChI is InChI=1S/C24H37N3O7/c1-8-21(34-15-14-25-6)26(23(31)27(17(3)28)24(4,5)22(29)30)16-20(33-9-2)18-12-10-11-13-19(18)32-7/h10-15,20-21,25H,8-9,16H2,1-7H3,(H,29,30)/b15-14-/t20-,21?/m0/s1. The summed E-state index contributed by atoms with van der Waals surface area (Å²) >= 11 is 0. The summed E-state index contributed by atoms with van der Waals surface area (Å²) in [5, 5.41) is 12.5. The Labute approximate surface area is 201 Å². The highest BCUT2D eigenvalue weighted by molar-refractivity contribution is 5.99. The Bertz CT molecular complexity index is 857. The lowest BCUT2D eigenvalue weighted by atomic mass is 10.0. The number of nitrogens with one attached hydrogen (secondary N) is 1. The van der Waals surface area contributed by atoms with Gasteiger partial charge in [-0.2, -0.15) is 0 Å². The number of rotatable bonds is 13. The van der Waals surface area contributed by atoms with Crippen molar-refractivity contribution in [3.63, 3.8) is 0 Å². The van der Waals surface area contributed by atoms with Gasteiger partial charge in [-0.3, -0.25) is 9.69 Å². The number of ether oxygens (including phenoxy) is 3. The van der Waals surface area contributed by atoms with Crippen LogP contribution in [0.1, 0.15) is 52.7 Å². The molecule has 0 aliphatic carbocycles. The van der Waals surface area contributed by atoms with Crippen molar-refractivity contribution in [3.05, 3.63) is 42.3 Å². The largest absolute Gasteiger partial charge is 0.496 e. The Morgan fingerprint density at radius 3 is 2.35 bits per heavy atom. The topological polar surface area (TPSA) is 118 Å². The molecule has 2 atom stereocenters. The quantitative estimate of drug-likeness (QED) is 0.327. The Morgan fingerprint density at radius 2 is 1.85 bits per heavy atom. The number of hydrogen-bond donors (Lipinski definition) is 2. The van der Waals surface area contributed by atoms with Crippen LogP contribution in [0.25, 0.3) is 0 Å². The van der Waals surface area contributed by atoms with E-state index in [2.05, 4.69) is 5.32 Å². The van der Waals surface area contributed by atoms with E-state index in [0.29, 0.717) is 24.3 Å². The van der Waals surface area contributed by atoms with E-state index in [1.165, 1.54) is 32.1 Å². The van der Waals surface area contributed by atoms with Crippen molar-refractivity contribution < 1.29 is 33.7 Å². The Hall–Kier alpha value is -3.27. The van der Waals surface area contributed by atoms with Crippen molar-refractivity contribution in [1.29, 1.82) is 0 Å². The number of carbonyl (C=O) groups excluding carboxylic acids is 2. The van der Waals surface area contributed by atoms with Crippen LogP contribution in [-0.4, -0.2) is 71.9 Å². The van der Waals surface area contributed by atoms with Crippen LogP contribution in [0.4, 0.5) is 4.79 Å². The Kier molecular flexibility index (Phi) is 11.4. The number of aliphatic carboxylic acids is 1. The van der Waals surface area contributed by atoms with E-state index in [4.69, 9.17) is 14.2 Å². The average Bonchev–Trinajstić information content (AvgIpc) is 2.79. The zero-order chi connectivity index (χ0) is 25.9. The smallest absolute Gasteiger partial charge is 0.330 e. The molecule has 10 heteroatoms. The number of imide groups is 1. The second-order valence-corrected chi connectivity index (χ2v) is 7.93. The summed E-state index contributed by atoms with van der Waals surface area (Å²) in [5.41, 5.74) is -1.08. The minimum atomic E-state index is -1.79. The molecule has 0 spiro atoms. The van der Waals surface area contributed by atoms with E-state index >= 15 is 0 Å². The highest BCUT2D eigenvalue weighted by Gasteiger charge is 2.44. The third-order valence-corrected chi connectivity index (χ3v) is 5.22. The molecule has 0 saturated heterocycles. The van der Waals surface area contributed by atoms with Crippen molar-refractivity contribution in [2.75, 3.05) is 27.3 Å². The molecule has 1 unspecified atom stereocenters. The number of carbonyl (C=O) groups is 3. The van der Waals surface area contributed by atoms with Crippen molar-refractivity contribution in [1.82, 2.24) is 15.1 Å². The summed E-state index contributed by atoms with van der Waals surface area (Å²) in [6.07, 6.45) is 1.88. The van der Waals surface area contributed by atoms with Gasteiger partial charge < -0.3 is 24.6 Å². The molecule has 0 aromatic heterocycles. The van der Waals surface area contributed by atoms with Crippen LogP contribution >= 0.6 is 0 Å². The lowest BCUT2D eigenvalue weighted by molar-refractivity contribution is -0.154. The molecular formula is C24H37N3O7. The maximum Gasteiger partial charge on any atom is 0.330 e. The van der Waals surface area contributed by atoms with Crippen LogP contribution in [-0.2, 0) is 19.1 Å².